The molecule has 1 aromatic heterocycles. The fourth-order valence-electron chi connectivity index (χ4n) is 4.68. The van der Waals surface area contributed by atoms with Gasteiger partial charge in [0.05, 0.1) is 5.56 Å². The van der Waals surface area contributed by atoms with Crippen molar-refractivity contribution in [2.45, 2.75) is 57.0 Å². The number of benzene rings is 1. The maximum atomic E-state index is 13.0. The number of unbranched alkanes of at least 4 members (excludes halogenated alkanes) is 2. The van der Waals surface area contributed by atoms with Crippen molar-refractivity contribution in [3.05, 3.63) is 59.8 Å². The summed E-state index contributed by atoms with van der Waals surface area (Å²) in [6, 6.07) is 15.3. The summed E-state index contributed by atoms with van der Waals surface area (Å²) in [6.07, 6.45) is 9.78. The number of pyridine rings is 1. The Morgan fingerprint density at radius 2 is 1.87 bits per heavy atom. The number of rotatable bonds is 9. The lowest BCUT2D eigenvalue weighted by atomic mass is 9.99. The quantitative estimate of drug-likeness (QED) is 0.601. The van der Waals surface area contributed by atoms with Gasteiger partial charge in [-0.05, 0) is 49.8 Å². The van der Waals surface area contributed by atoms with Gasteiger partial charge in [-0.3, -0.25) is 15.6 Å². The summed E-state index contributed by atoms with van der Waals surface area (Å²) in [6.45, 7) is 2.78. The van der Waals surface area contributed by atoms with Crippen molar-refractivity contribution >= 4 is 11.7 Å². The van der Waals surface area contributed by atoms with E-state index in [0.717, 1.165) is 56.7 Å². The van der Waals surface area contributed by atoms with E-state index in [1.807, 2.05) is 24.1 Å². The lowest BCUT2D eigenvalue weighted by Gasteiger charge is -2.23. The van der Waals surface area contributed by atoms with Gasteiger partial charge in [0.15, 0.2) is 0 Å². The third-order valence-electron chi connectivity index (χ3n) is 6.50. The van der Waals surface area contributed by atoms with Gasteiger partial charge >= 0.3 is 0 Å². The van der Waals surface area contributed by atoms with Gasteiger partial charge in [0, 0.05) is 45.0 Å². The van der Waals surface area contributed by atoms with Crippen LogP contribution in [-0.2, 0) is 0 Å². The first-order valence-corrected chi connectivity index (χ1v) is 11.7. The summed E-state index contributed by atoms with van der Waals surface area (Å²) >= 11 is 0. The maximum absolute atomic E-state index is 13.0. The van der Waals surface area contributed by atoms with Crippen LogP contribution in [0.3, 0.4) is 0 Å². The van der Waals surface area contributed by atoms with Crippen LogP contribution in [0.15, 0.2) is 48.7 Å². The molecule has 6 nitrogen and oxygen atoms in total. The summed E-state index contributed by atoms with van der Waals surface area (Å²) < 4.78 is 0. The zero-order valence-corrected chi connectivity index (χ0v) is 18.6. The van der Waals surface area contributed by atoms with Gasteiger partial charge in [0.2, 0.25) is 0 Å². The predicted octanol–water partition coefficient (Wildman–Crippen LogP) is 3.92. The van der Waals surface area contributed by atoms with Crippen LogP contribution in [0.4, 0.5) is 5.82 Å². The average molecular weight is 422 g/mol. The van der Waals surface area contributed by atoms with Crippen molar-refractivity contribution in [1.29, 1.82) is 0 Å². The molecule has 31 heavy (non-hydrogen) atoms. The number of anilines is 1. The molecule has 0 radical (unpaired) electrons. The molecule has 1 amide bonds. The highest BCUT2D eigenvalue weighted by atomic mass is 16.2. The van der Waals surface area contributed by atoms with E-state index in [1.165, 1.54) is 24.8 Å². The number of carbonyl (C=O) groups excluding carboxylic acids is 1. The second-order valence-corrected chi connectivity index (χ2v) is 8.83. The molecule has 2 aromatic rings. The summed E-state index contributed by atoms with van der Waals surface area (Å²) in [5.74, 6) is 0.937. The van der Waals surface area contributed by atoms with Crippen LogP contribution in [0.25, 0.3) is 0 Å². The topological polar surface area (TPSA) is 60.5 Å². The van der Waals surface area contributed by atoms with Crippen LogP contribution in [-0.4, -0.2) is 48.5 Å². The van der Waals surface area contributed by atoms with Gasteiger partial charge in [-0.25, -0.2) is 4.98 Å². The Morgan fingerprint density at radius 3 is 2.68 bits per heavy atom. The Balaban J connectivity index is 1.17. The molecule has 0 aliphatic carbocycles. The first kappa shape index (κ1) is 21.8. The third-order valence-corrected chi connectivity index (χ3v) is 6.50. The highest BCUT2D eigenvalue weighted by molar-refractivity contribution is 5.98. The first-order chi connectivity index (χ1) is 15.2. The number of hydrogen-bond acceptors (Lipinski definition) is 5. The largest absolute Gasteiger partial charge is 0.356 e. The Hall–Kier alpha value is -2.44. The van der Waals surface area contributed by atoms with Crippen LogP contribution in [0.2, 0.25) is 0 Å². The molecular formula is C25H35N5O. The maximum Gasteiger partial charge on any atom is 0.257 e. The van der Waals surface area contributed by atoms with Crippen LogP contribution < -0.4 is 15.8 Å². The van der Waals surface area contributed by atoms with E-state index in [9.17, 15) is 4.79 Å². The standard InChI is InChI=1S/C25H35N5O/c1-29(25(31)22-14-10-15-26-24(22)30-17-8-9-18-30)16-7-3-6-13-21-19-23(28-27-21)20-11-4-2-5-12-20/h2,4-5,10-12,14-15,21,23,27-28H,3,6-9,13,16-19H2,1H3. The minimum absolute atomic E-state index is 0.0855. The van der Waals surface area contributed by atoms with Gasteiger partial charge in [0.25, 0.3) is 5.91 Å². The van der Waals surface area contributed by atoms with Gasteiger partial charge in [0.1, 0.15) is 5.82 Å². The predicted molar refractivity (Wildman–Crippen MR) is 125 cm³/mol. The number of amides is 1. The molecule has 1 aromatic carbocycles. The summed E-state index contributed by atoms with van der Waals surface area (Å²) in [4.78, 5) is 21.6. The van der Waals surface area contributed by atoms with Crippen molar-refractivity contribution < 1.29 is 4.79 Å². The van der Waals surface area contributed by atoms with E-state index in [1.54, 1.807) is 6.20 Å². The van der Waals surface area contributed by atoms with Gasteiger partial charge in [-0.15, -0.1) is 0 Å². The summed E-state index contributed by atoms with van der Waals surface area (Å²) in [5, 5.41) is 0. The molecule has 0 saturated carbocycles. The van der Waals surface area contributed by atoms with E-state index >= 15 is 0 Å². The molecule has 166 valence electrons. The smallest absolute Gasteiger partial charge is 0.257 e. The van der Waals surface area contributed by atoms with Crippen LogP contribution in [0, 0.1) is 0 Å². The summed E-state index contributed by atoms with van der Waals surface area (Å²) in [7, 11) is 1.91. The van der Waals surface area contributed by atoms with Crippen molar-refractivity contribution in [2.75, 3.05) is 31.6 Å². The highest BCUT2D eigenvalue weighted by Gasteiger charge is 2.25. The van der Waals surface area contributed by atoms with E-state index < -0.39 is 0 Å². The fraction of sp³-hybridized carbons (Fsp3) is 0.520. The minimum Gasteiger partial charge on any atom is -0.356 e. The average Bonchev–Trinajstić information content (AvgIpc) is 3.51. The normalized spacial score (nSPS) is 20.9. The number of hydrogen-bond donors (Lipinski definition) is 2. The Bertz CT molecular complexity index is 837. The highest BCUT2D eigenvalue weighted by Crippen LogP contribution is 2.25. The molecule has 2 unspecified atom stereocenters. The second-order valence-electron chi connectivity index (χ2n) is 8.83. The monoisotopic (exact) mass is 421 g/mol. The molecule has 2 aliphatic rings. The van der Waals surface area contributed by atoms with Crippen molar-refractivity contribution in [3.8, 4) is 0 Å². The van der Waals surface area contributed by atoms with Gasteiger partial charge in [-0.1, -0.05) is 43.2 Å². The molecule has 2 fully saturated rings. The lowest BCUT2D eigenvalue weighted by molar-refractivity contribution is 0.0792. The molecule has 2 atom stereocenters. The molecule has 0 bridgehead atoms. The molecule has 6 heteroatoms. The van der Waals surface area contributed by atoms with Crippen molar-refractivity contribution in [2.24, 2.45) is 0 Å². The second kappa shape index (κ2) is 10.7. The van der Waals surface area contributed by atoms with E-state index in [0.29, 0.717) is 12.1 Å². The summed E-state index contributed by atoms with van der Waals surface area (Å²) in [5.41, 5.74) is 8.97. The number of hydrazine groups is 1. The molecule has 3 heterocycles. The number of nitrogens with one attached hydrogen (secondary N) is 2. The van der Waals surface area contributed by atoms with Crippen molar-refractivity contribution in [1.82, 2.24) is 20.7 Å². The Morgan fingerprint density at radius 1 is 1.06 bits per heavy atom. The van der Waals surface area contributed by atoms with Gasteiger partial charge < -0.3 is 9.80 Å². The van der Waals surface area contributed by atoms with Gasteiger partial charge in [-0.2, -0.15) is 0 Å². The minimum atomic E-state index is 0.0855. The molecule has 2 saturated heterocycles. The zero-order chi connectivity index (χ0) is 21.5. The zero-order valence-electron chi connectivity index (χ0n) is 18.6. The first-order valence-electron chi connectivity index (χ1n) is 11.7. The third kappa shape index (κ3) is 5.63. The molecule has 2 N–H and O–H groups in total. The Kier molecular flexibility index (Phi) is 7.54. The van der Waals surface area contributed by atoms with Crippen LogP contribution in [0.1, 0.15) is 66.9 Å². The number of nitrogens with zero attached hydrogens (tertiary/aromatic N) is 3. The van der Waals surface area contributed by atoms with Crippen LogP contribution >= 0.6 is 0 Å². The fourth-order valence-corrected chi connectivity index (χ4v) is 4.68. The number of aromatic nitrogens is 1. The SMILES string of the molecule is CN(CCCCCC1CC(c2ccccc2)NN1)C(=O)c1cccnc1N1CCCC1. The lowest BCUT2D eigenvalue weighted by Crippen LogP contribution is -2.31. The number of carbonyl (C=O) groups is 1. The van der Waals surface area contributed by atoms with Crippen LogP contribution in [0.5, 0.6) is 0 Å². The molecule has 2 aliphatic heterocycles. The van der Waals surface area contributed by atoms with E-state index in [-0.39, 0.29) is 5.91 Å². The Labute approximate surface area is 186 Å². The van der Waals surface area contributed by atoms with E-state index in [4.69, 9.17) is 0 Å². The van der Waals surface area contributed by atoms with E-state index in [2.05, 4.69) is 51.1 Å². The molecular weight excluding hydrogens is 386 g/mol. The molecule has 4 rings (SSSR count). The molecule has 0 spiro atoms. The van der Waals surface area contributed by atoms with Crippen molar-refractivity contribution in [3.63, 3.8) is 0 Å².